The third-order valence-corrected chi connectivity index (χ3v) is 5.27. The zero-order chi connectivity index (χ0) is 16.6. The molecule has 1 amide bonds. The predicted octanol–water partition coefficient (Wildman–Crippen LogP) is 1.27. The highest BCUT2D eigenvalue weighted by Crippen LogP contribution is 2.37. The van der Waals surface area contributed by atoms with E-state index in [0.29, 0.717) is 0 Å². The minimum absolute atomic E-state index is 0.197. The first kappa shape index (κ1) is 15.3. The van der Waals surface area contributed by atoms with Gasteiger partial charge in [0.15, 0.2) is 6.10 Å². The van der Waals surface area contributed by atoms with Crippen molar-refractivity contribution in [2.75, 3.05) is 10.8 Å². The highest BCUT2D eigenvalue weighted by molar-refractivity contribution is 7.92. The Morgan fingerprint density at radius 3 is 2.52 bits per heavy atom. The van der Waals surface area contributed by atoms with Crippen molar-refractivity contribution in [2.45, 2.75) is 11.0 Å². The van der Waals surface area contributed by atoms with Crippen molar-refractivity contribution >= 4 is 21.6 Å². The van der Waals surface area contributed by atoms with Crippen molar-refractivity contribution < 1.29 is 22.3 Å². The van der Waals surface area contributed by atoms with Gasteiger partial charge in [0, 0.05) is 0 Å². The number of ether oxygens (including phenoxy) is 1. The molecule has 0 bridgehead atoms. The van der Waals surface area contributed by atoms with Crippen LogP contribution in [0.5, 0.6) is 5.75 Å². The van der Waals surface area contributed by atoms with Crippen LogP contribution in [0.3, 0.4) is 0 Å². The molecule has 0 aliphatic carbocycles. The van der Waals surface area contributed by atoms with E-state index in [-0.39, 0.29) is 18.0 Å². The highest BCUT2D eigenvalue weighted by Gasteiger charge is 2.37. The molecule has 2 aromatic carbocycles. The van der Waals surface area contributed by atoms with Crippen LogP contribution in [0, 0.1) is 5.82 Å². The standard InChI is InChI=1S/C15H13FN2O4S/c16-10-5-1-4-8-14(10)23(20,21)18-9-13(15(17)19)22-12-7-3-2-6-11(12)18/h1-8,13H,9H2,(H2,17,19)/t13-/m0/s1. The maximum Gasteiger partial charge on any atom is 0.267 e. The first-order chi connectivity index (χ1) is 10.9. The van der Waals surface area contributed by atoms with Crippen molar-refractivity contribution in [1.29, 1.82) is 0 Å². The molecule has 0 saturated carbocycles. The third kappa shape index (κ3) is 2.61. The average molecular weight is 336 g/mol. The molecular weight excluding hydrogens is 323 g/mol. The Kier molecular flexibility index (Phi) is 3.69. The summed E-state index contributed by atoms with van der Waals surface area (Å²) < 4.78 is 45.9. The summed E-state index contributed by atoms with van der Waals surface area (Å²) in [6, 6.07) is 11.3. The fourth-order valence-corrected chi connectivity index (χ4v) is 3.89. The molecule has 6 nitrogen and oxygen atoms in total. The summed E-state index contributed by atoms with van der Waals surface area (Å²) in [5.41, 5.74) is 5.47. The molecular formula is C15H13FN2O4S. The molecule has 0 fully saturated rings. The number of rotatable bonds is 3. The van der Waals surface area contributed by atoms with E-state index in [1.807, 2.05) is 0 Å². The predicted molar refractivity (Wildman–Crippen MR) is 81.0 cm³/mol. The van der Waals surface area contributed by atoms with Gasteiger partial charge in [0.05, 0.1) is 12.2 Å². The van der Waals surface area contributed by atoms with Crippen LogP contribution in [0.15, 0.2) is 53.4 Å². The molecule has 0 spiro atoms. The van der Waals surface area contributed by atoms with Crippen LogP contribution in [0.2, 0.25) is 0 Å². The number of sulfonamides is 1. The normalized spacial score (nSPS) is 17.3. The SMILES string of the molecule is NC(=O)[C@@H]1CN(S(=O)(=O)c2ccccc2F)c2ccccc2O1. The van der Waals surface area contributed by atoms with E-state index in [1.54, 1.807) is 12.1 Å². The van der Waals surface area contributed by atoms with Gasteiger partial charge in [-0.15, -0.1) is 0 Å². The highest BCUT2D eigenvalue weighted by atomic mass is 32.2. The number of para-hydroxylation sites is 2. The van der Waals surface area contributed by atoms with Crippen molar-refractivity contribution in [3.63, 3.8) is 0 Å². The number of hydrogen-bond acceptors (Lipinski definition) is 4. The summed E-state index contributed by atoms with van der Waals surface area (Å²) in [5.74, 6) is -1.47. The Balaban J connectivity index is 2.14. The number of nitrogens with zero attached hydrogens (tertiary/aromatic N) is 1. The lowest BCUT2D eigenvalue weighted by molar-refractivity contribution is -0.124. The van der Waals surface area contributed by atoms with Gasteiger partial charge in [-0.1, -0.05) is 24.3 Å². The lowest BCUT2D eigenvalue weighted by atomic mass is 10.2. The van der Waals surface area contributed by atoms with Crippen molar-refractivity contribution in [1.82, 2.24) is 0 Å². The monoisotopic (exact) mass is 336 g/mol. The first-order valence-electron chi connectivity index (χ1n) is 6.73. The number of benzene rings is 2. The van der Waals surface area contributed by atoms with Crippen LogP contribution in [-0.4, -0.2) is 27.0 Å². The minimum atomic E-state index is -4.20. The second-order valence-corrected chi connectivity index (χ2v) is 6.77. The fourth-order valence-electron chi connectivity index (χ4n) is 2.35. The lowest BCUT2D eigenvalue weighted by Crippen LogP contribution is -2.49. The molecule has 23 heavy (non-hydrogen) atoms. The number of carbonyl (C=O) groups excluding carboxylic acids is 1. The summed E-state index contributed by atoms with van der Waals surface area (Å²) >= 11 is 0. The molecule has 0 radical (unpaired) electrons. The summed E-state index contributed by atoms with van der Waals surface area (Å²) in [4.78, 5) is 11.0. The number of hydrogen-bond donors (Lipinski definition) is 1. The number of carbonyl (C=O) groups is 1. The Hall–Kier alpha value is -2.61. The molecule has 1 heterocycles. The molecule has 3 rings (SSSR count). The van der Waals surface area contributed by atoms with E-state index >= 15 is 0 Å². The zero-order valence-electron chi connectivity index (χ0n) is 11.8. The Morgan fingerprint density at radius 2 is 1.83 bits per heavy atom. The van der Waals surface area contributed by atoms with Gasteiger partial charge in [-0.3, -0.25) is 9.10 Å². The van der Waals surface area contributed by atoms with Gasteiger partial charge in [-0.25, -0.2) is 12.8 Å². The van der Waals surface area contributed by atoms with Gasteiger partial charge in [0.25, 0.3) is 15.9 Å². The zero-order valence-corrected chi connectivity index (χ0v) is 12.7. The molecule has 0 unspecified atom stereocenters. The quantitative estimate of drug-likeness (QED) is 0.914. The molecule has 1 aliphatic heterocycles. The van der Waals surface area contributed by atoms with Gasteiger partial charge in [0.1, 0.15) is 16.5 Å². The summed E-state index contributed by atoms with van der Waals surface area (Å²) in [6.07, 6.45) is -1.15. The van der Waals surface area contributed by atoms with Crippen LogP contribution in [0.1, 0.15) is 0 Å². The maximum atomic E-state index is 13.9. The van der Waals surface area contributed by atoms with Crippen LogP contribution < -0.4 is 14.8 Å². The number of nitrogens with two attached hydrogens (primary N) is 1. The Morgan fingerprint density at radius 1 is 1.17 bits per heavy atom. The van der Waals surface area contributed by atoms with Crippen LogP contribution >= 0.6 is 0 Å². The van der Waals surface area contributed by atoms with Gasteiger partial charge in [0.2, 0.25) is 0 Å². The van der Waals surface area contributed by atoms with Crippen LogP contribution in [0.25, 0.3) is 0 Å². The van der Waals surface area contributed by atoms with Gasteiger partial charge in [-0.2, -0.15) is 0 Å². The summed E-state index contributed by atoms with van der Waals surface area (Å²) in [6.45, 7) is -0.316. The van der Waals surface area contributed by atoms with Gasteiger partial charge < -0.3 is 10.5 Å². The van der Waals surface area contributed by atoms with Crippen LogP contribution in [0.4, 0.5) is 10.1 Å². The summed E-state index contributed by atoms with van der Waals surface area (Å²) in [5, 5.41) is 0. The van der Waals surface area contributed by atoms with E-state index in [1.165, 1.54) is 30.3 Å². The number of anilines is 1. The van der Waals surface area contributed by atoms with Gasteiger partial charge in [-0.05, 0) is 24.3 Å². The van der Waals surface area contributed by atoms with Crippen molar-refractivity contribution in [3.8, 4) is 5.75 Å². The third-order valence-electron chi connectivity index (χ3n) is 3.46. The largest absolute Gasteiger partial charge is 0.476 e. The van der Waals surface area contributed by atoms with Crippen molar-refractivity contribution in [3.05, 3.63) is 54.3 Å². The molecule has 2 N–H and O–H groups in total. The average Bonchev–Trinajstić information content (AvgIpc) is 2.53. The van der Waals surface area contributed by atoms with E-state index in [4.69, 9.17) is 10.5 Å². The van der Waals surface area contributed by atoms with E-state index < -0.39 is 32.7 Å². The van der Waals surface area contributed by atoms with E-state index in [2.05, 4.69) is 0 Å². The van der Waals surface area contributed by atoms with Crippen LogP contribution in [-0.2, 0) is 14.8 Å². The number of amides is 1. The topological polar surface area (TPSA) is 89.7 Å². The second-order valence-electron chi connectivity index (χ2n) is 4.94. The molecule has 2 aromatic rings. The Labute approximate surface area is 132 Å². The Bertz CT molecular complexity index is 869. The van der Waals surface area contributed by atoms with E-state index in [9.17, 15) is 17.6 Å². The molecule has 120 valence electrons. The number of primary amides is 1. The minimum Gasteiger partial charge on any atom is -0.476 e. The molecule has 1 atom stereocenters. The first-order valence-corrected chi connectivity index (χ1v) is 8.17. The number of fused-ring (bicyclic) bond motifs is 1. The van der Waals surface area contributed by atoms with Gasteiger partial charge >= 0.3 is 0 Å². The van der Waals surface area contributed by atoms with Crippen molar-refractivity contribution in [2.24, 2.45) is 5.73 Å². The molecule has 8 heteroatoms. The molecule has 0 aromatic heterocycles. The lowest BCUT2D eigenvalue weighted by Gasteiger charge is -2.34. The second kappa shape index (κ2) is 5.54. The maximum absolute atomic E-state index is 13.9. The number of halogens is 1. The molecule has 1 aliphatic rings. The fraction of sp³-hybridized carbons (Fsp3) is 0.133. The summed E-state index contributed by atoms with van der Waals surface area (Å²) in [7, 11) is -4.20. The van der Waals surface area contributed by atoms with E-state index in [0.717, 1.165) is 10.4 Å². The smallest absolute Gasteiger partial charge is 0.267 e. The molecule has 0 saturated heterocycles.